The Labute approximate surface area is 122 Å². The highest BCUT2D eigenvalue weighted by Crippen LogP contribution is 2.33. The molecule has 0 N–H and O–H groups in total. The van der Waals surface area contributed by atoms with Gasteiger partial charge in [-0.1, -0.05) is 22.9 Å². The van der Waals surface area contributed by atoms with Crippen molar-refractivity contribution < 1.29 is 4.92 Å². The first kappa shape index (κ1) is 14.3. The van der Waals surface area contributed by atoms with Gasteiger partial charge in [-0.05, 0) is 37.3 Å². The molecule has 0 amide bonds. The first-order valence-corrected chi connectivity index (χ1v) is 7.86. The summed E-state index contributed by atoms with van der Waals surface area (Å²) in [6.45, 7) is 4.25. The van der Waals surface area contributed by atoms with E-state index in [1.54, 1.807) is 6.07 Å². The van der Waals surface area contributed by atoms with Crippen LogP contribution in [-0.4, -0.2) is 18.0 Å². The van der Waals surface area contributed by atoms with Crippen molar-refractivity contribution in [3.05, 3.63) is 33.9 Å². The molecule has 0 saturated heterocycles. The molecule has 0 radical (unpaired) electrons. The molecule has 0 spiro atoms. The van der Waals surface area contributed by atoms with Gasteiger partial charge in [0.1, 0.15) is 0 Å². The number of hydrogen-bond donors (Lipinski definition) is 0. The molecule has 0 atom stereocenters. The molecule has 1 aromatic carbocycles. The number of nitro benzene ring substituents is 1. The van der Waals surface area contributed by atoms with Gasteiger partial charge in [-0.25, -0.2) is 0 Å². The van der Waals surface area contributed by atoms with Crippen LogP contribution >= 0.6 is 15.9 Å². The maximum atomic E-state index is 10.9. The van der Waals surface area contributed by atoms with Gasteiger partial charge >= 0.3 is 0 Å². The normalized spacial score (nSPS) is 14.4. The van der Waals surface area contributed by atoms with Crippen molar-refractivity contribution >= 4 is 27.3 Å². The van der Waals surface area contributed by atoms with Gasteiger partial charge in [-0.2, -0.15) is 0 Å². The Morgan fingerprint density at radius 2 is 2.21 bits per heavy atom. The van der Waals surface area contributed by atoms with Crippen LogP contribution in [0.1, 0.15) is 31.7 Å². The van der Waals surface area contributed by atoms with Crippen LogP contribution in [0.4, 0.5) is 11.4 Å². The van der Waals surface area contributed by atoms with E-state index in [1.807, 2.05) is 12.1 Å². The van der Waals surface area contributed by atoms with E-state index in [0.717, 1.165) is 36.7 Å². The van der Waals surface area contributed by atoms with Gasteiger partial charge in [0.05, 0.1) is 4.92 Å². The molecule has 1 saturated carbocycles. The number of nitro groups is 1. The number of halogens is 1. The molecule has 2 rings (SSSR count). The molecule has 0 bridgehead atoms. The van der Waals surface area contributed by atoms with E-state index in [1.165, 1.54) is 12.8 Å². The summed E-state index contributed by atoms with van der Waals surface area (Å²) in [6, 6.07) is 5.45. The van der Waals surface area contributed by atoms with Gasteiger partial charge in [0.2, 0.25) is 0 Å². The Kier molecular flexibility index (Phi) is 4.80. The fraction of sp³-hybridized carbons (Fsp3) is 0.571. The molecular formula is C14H19BrN2O2. The van der Waals surface area contributed by atoms with Crippen LogP contribution in [0, 0.1) is 16.0 Å². The first-order chi connectivity index (χ1) is 9.15. The molecule has 5 heteroatoms. The van der Waals surface area contributed by atoms with Crippen LogP contribution in [0.2, 0.25) is 0 Å². The maximum Gasteiger partial charge on any atom is 0.273 e. The van der Waals surface area contributed by atoms with Gasteiger partial charge in [0.25, 0.3) is 5.69 Å². The zero-order valence-corrected chi connectivity index (χ0v) is 12.7. The lowest BCUT2D eigenvalue weighted by molar-refractivity contribution is -0.385. The van der Waals surface area contributed by atoms with E-state index >= 15 is 0 Å². The SMILES string of the molecule is CCCN(CC1CC1)c1ccc([N+](=O)[O-])c(CBr)c1. The average Bonchev–Trinajstić information content (AvgIpc) is 3.21. The third-order valence-corrected chi connectivity index (χ3v) is 4.04. The summed E-state index contributed by atoms with van der Waals surface area (Å²) in [5.74, 6) is 0.814. The molecule has 0 heterocycles. The van der Waals surface area contributed by atoms with E-state index in [4.69, 9.17) is 0 Å². The molecule has 1 aliphatic carbocycles. The fourth-order valence-electron chi connectivity index (χ4n) is 2.26. The molecule has 1 aromatic rings. The van der Waals surface area contributed by atoms with Gasteiger partial charge in [0.15, 0.2) is 0 Å². The van der Waals surface area contributed by atoms with Crippen LogP contribution < -0.4 is 4.90 Å². The Morgan fingerprint density at radius 3 is 2.74 bits per heavy atom. The van der Waals surface area contributed by atoms with E-state index in [2.05, 4.69) is 27.8 Å². The van der Waals surface area contributed by atoms with Gasteiger partial charge < -0.3 is 4.90 Å². The molecule has 1 aliphatic rings. The number of rotatable bonds is 7. The molecular weight excluding hydrogens is 308 g/mol. The first-order valence-electron chi connectivity index (χ1n) is 6.74. The van der Waals surface area contributed by atoms with E-state index < -0.39 is 0 Å². The van der Waals surface area contributed by atoms with Crippen LogP contribution in [0.3, 0.4) is 0 Å². The second-order valence-electron chi connectivity index (χ2n) is 5.09. The minimum Gasteiger partial charge on any atom is -0.371 e. The minimum atomic E-state index is -0.314. The Hall–Kier alpha value is -1.10. The number of alkyl halides is 1. The second-order valence-corrected chi connectivity index (χ2v) is 5.65. The number of anilines is 1. The van der Waals surface area contributed by atoms with Crippen molar-refractivity contribution in [2.24, 2.45) is 5.92 Å². The van der Waals surface area contributed by atoms with Crippen molar-refractivity contribution in [3.63, 3.8) is 0 Å². The van der Waals surface area contributed by atoms with Crippen LogP contribution in [-0.2, 0) is 5.33 Å². The topological polar surface area (TPSA) is 46.4 Å². The van der Waals surface area contributed by atoms with E-state index in [0.29, 0.717) is 5.33 Å². The molecule has 4 nitrogen and oxygen atoms in total. The predicted molar refractivity (Wildman–Crippen MR) is 81.0 cm³/mol. The average molecular weight is 327 g/mol. The molecule has 0 unspecified atom stereocenters. The quantitative estimate of drug-likeness (QED) is 0.430. The summed E-state index contributed by atoms with van der Waals surface area (Å²) in [5, 5.41) is 11.5. The molecule has 104 valence electrons. The third kappa shape index (κ3) is 3.69. The summed E-state index contributed by atoms with van der Waals surface area (Å²) in [4.78, 5) is 13.0. The lowest BCUT2D eigenvalue weighted by atomic mass is 10.1. The van der Waals surface area contributed by atoms with Crippen molar-refractivity contribution in [1.82, 2.24) is 0 Å². The summed E-state index contributed by atoms with van der Waals surface area (Å²) in [6.07, 6.45) is 3.73. The minimum absolute atomic E-state index is 0.198. The highest BCUT2D eigenvalue weighted by molar-refractivity contribution is 9.08. The molecule has 19 heavy (non-hydrogen) atoms. The monoisotopic (exact) mass is 326 g/mol. The summed E-state index contributed by atoms with van der Waals surface area (Å²) >= 11 is 3.34. The lowest BCUT2D eigenvalue weighted by Gasteiger charge is -2.24. The smallest absolute Gasteiger partial charge is 0.273 e. The number of benzene rings is 1. The van der Waals surface area contributed by atoms with Gasteiger partial charge in [-0.3, -0.25) is 10.1 Å². The zero-order valence-electron chi connectivity index (χ0n) is 11.1. The van der Waals surface area contributed by atoms with Crippen LogP contribution in [0.25, 0.3) is 0 Å². The Balaban J connectivity index is 2.23. The van der Waals surface area contributed by atoms with E-state index in [9.17, 15) is 10.1 Å². The van der Waals surface area contributed by atoms with Crippen LogP contribution in [0.5, 0.6) is 0 Å². The third-order valence-electron chi connectivity index (χ3n) is 3.44. The maximum absolute atomic E-state index is 10.9. The Morgan fingerprint density at radius 1 is 1.47 bits per heavy atom. The van der Waals surface area contributed by atoms with Crippen molar-refractivity contribution in [2.75, 3.05) is 18.0 Å². The van der Waals surface area contributed by atoms with Gasteiger partial charge in [-0.15, -0.1) is 0 Å². The van der Waals surface area contributed by atoms with Crippen LogP contribution in [0.15, 0.2) is 18.2 Å². The van der Waals surface area contributed by atoms with Crippen molar-refractivity contribution in [3.8, 4) is 0 Å². The largest absolute Gasteiger partial charge is 0.371 e. The summed E-state index contributed by atoms with van der Waals surface area (Å²) in [5.41, 5.74) is 2.05. The zero-order chi connectivity index (χ0) is 13.8. The predicted octanol–water partition coefficient (Wildman–Crippen LogP) is 4.12. The molecule has 0 aromatic heterocycles. The summed E-state index contributed by atoms with van der Waals surface area (Å²) in [7, 11) is 0. The van der Waals surface area contributed by atoms with Gasteiger partial charge in [0, 0.05) is 35.7 Å². The fourth-order valence-corrected chi connectivity index (χ4v) is 2.71. The highest BCUT2D eigenvalue weighted by atomic mass is 79.9. The number of nitrogens with zero attached hydrogens (tertiary/aromatic N) is 2. The van der Waals surface area contributed by atoms with Crippen molar-refractivity contribution in [1.29, 1.82) is 0 Å². The highest BCUT2D eigenvalue weighted by Gasteiger charge is 2.25. The lowest BCUT2D eigenvalue weighted by Crippen LogP contribution is -2.26. The van der Waals surface area contributed by atoms with E-state index in [-0.39, 0.29) is 10.6 Å². The standard InChI is InChI=1S/C14H19BrN2O2/c1-2-7-16(10-11-3-4-11)13-5-6-14(17(18)19)12(8-13)9-15/h5-6,8,11H,2-4,7,9-10H2,1H3. The van der Waals surface area contributed by atoms with Crippen molar-refractivity contribution in [2.45, 2.75) is 31.5 Å². The molecule has 1 fully saturated rings. The summed E-state index contributed by atoms with van der Waals surface area (Å²) < 4.78 is 0. The second kappa shape index (κ2) is 6.37. The number of hydrogen-bond acceptors (Lipinski definition) is 3. The Bertz CT molecular complexity index is 461. The molecule has 0 aliphatic heterocycles.